The number of aryl methyl sites for hydroxylation is 2. The van der Waals surface area contributed by atoms with Crippen molar-refractivity contribution in [2.75, 3.05) is 13.1 Å². The van der Waals surface area contributed by atoms with Crippen LogP contribution in [0.1, 0.15) is 35.4 Å². The summed E-state index contributed by atoms with van der Waals surface area (Å²) in [6, 6.07) is 5.78. The molecule has 28 heavy (non-hydrogen) atoms. The molecular weight excluding hydrogens is 352 g/mol. The van der Waals surface area contributed by atoms with Crippen LogP contribution in [0.5, 0.6) is 0 Å². The first-order valence-electron chi connectivity index (χ1n) is 9.83. The van der Waals surface area contributed by atoms with E-state index in [1.165, 1.54) is 5.69 Å². The summed E-state index contributed by atoms with van der Waals surface area (Å²) >= 11 is 0. The fraction of sp³-hybridized carbons (Fsp3) is 0.429. The first kappa shape index (κ1) is 18.4. The number of likely N-dealkylation sites (tertiary alicyclic amines) is 1. The number of pyridine rings is 1. The highest BCUT2D eigenvalue weighted by Crippen LogP contribution is 2.25. The van der Waals surface area contributed by atoms with Gasteiger partial charge in [-0.25, -0.2) is 4.98 Å². The molecular formula is C21H26N6O. The second-order valence-corrected chi connectivity index (χ2v) is 7.52. The predicted octanol–water partition coefficient (Wildman–Crippen LogP) is 2.93. The van der Waals surface area contributed by atoms with Gasteiger partial charge in [0.25, 0.3) is 5.91 Å². The van der Waals surface area contributed by atoms with Crippen molar-refractivity contribution < 1.29 is 4.79 Å². The average Bonchev–Trinajstić information content (AvgIpc) is 3.32. The maximum Gasteiger partial charge on any atom is 0.274 e. The van der Waals surface area contributed by atoms with Crippen molar-refractivity contribution in [2.45, 2.75) is 32.7 Å². The summed E-state index contributed by atoms with van der Waals surface area (Å²) in [5, 5.41) is 4.23. The van der Waals surface area contributed by atoms with Crippen molar-refractivity contribution in [1.82, 2.24) is 29.2 Å². The van der Waals surface area contributed by atoms with Crippen LogP contribution >= 0.6 is 0 Å². The summed E-state index contributed by atoms with van der Waals surface area (Å²) < 4.78 is 3.95. The maximum absolute atomic E-state index is 12.5. The van der Waals surface area contributed by atoms with Crippen molar-refractivity contribution in [1.29, 1.82) is 0 Å². The summed E-state index contributed by atoms with van der Waals surface area (Å²) in [7, 11) is 1.83. The summed E-state index contributed by atoms with van der Waals surface area (Å²) in [6.07, 6.45) is 10.5. The van der Waals surface area contributed by atoms with Crippen LogP contribution in [0.15, 0.2) is 43.0 Å². The van der Waals surface area contributed by atoms with E-state index in [4.69, 9.17) is 0 Å². The number of nitrogens with zero attached hydrogens (tertiary/aromatic N) is 6. The van der Waals surface area contributed by atoms with Gasteiger partial charge in [0, 0.05) is 62.7 Å². The molecule has 4 rings (SSSR count). The van der Waals surface area contributed by atoms with Crippen molar-refractivity contribution >= 4 is 5.91 Å². The van der Waals surface area contributed by atoms with E-state index < -0.39 is 0 Å². The number of piperidine rings is 1. The van der Waals surface area contributed by atoms with Crippen molar-refractivity contribution in [3.63, 3.8) is 0 Å². The Morgan fingerprint density at radius 3 is 2.71 bits per heavy atom. The smallest absolute Gasteiger partial charge is 0.274 e. The van der Waals surface area contributed by atoms with Gasteiger partial charge in [-0.15, -0.1) is 0 Å². The van der Waals surface area contributed by atoms with Gasteiger partial charge in [-0.1, -0.05) is 0 Å². The standard InChI is InChI=1S/C21H26N6O/c1-16-14-23-20(18-4-3-9-22-15-18)27(16)13-7-17-5-11-26(12-6-17)21(28)19-8-10-25(2)24-19/h3-4,8-10,14-15,17H,5-7,11-13H2,1-2H3. The number of amides is 1. The molecule has 0 radical (unpaired) electrons. The molecule has 0 bridgehead atoms. The lowest BCUT2D eigenvalue weighted by Gasteiger charge is -2.31. The lowest BCUT2D eigenvalue weighted by Crippen LogP contribution is -2.38. The molecule has 1 amide bonds. The Morgan fingerprint density at radius 1 is 1.21 bits per heavy atom. The first-order valence-corrected chi connectivity index (χ1v) is 9.83. The molecule has 4 heterocycles. The van der Waals surface area contributed by atoms with Crippen LogP contribution in [-0.2, 0) is 13.6 Å². The number of hydrogen-bond acceptors (Lipinski definition) is 4. The van der Waals surface area contributed by atoms with Gasteiger partial charge in [-0.2, -0.15) is 5.10 Å². The van der Waals surface area contributed by atoms with Gasteiger partial charge < -0.3 is 9.47 Å². The quantitative estimate of drug-likeness (QED) is 0.684. The molecule has 0 saturated carbocycles. The van der Waals surface area contributed by atoms with E-state index in [2.05, 4.69) is 26.6 Å². The predicted molar refractivity (Wildman–Crippen MR) is 107 cm³/mol. The van der Waals surface area contributed by atoms with E-state index in [0.29, 0.717) is 11.6 Å². The van der Waals surface area contributed by atoms with E-state index in [1.54, 1.807) is 16.9 Å². The lowest BCUT2D eigenvalue weighted by molar-refractivity contribution is 0.0678. The highest BCUT2D eigenvalue weighted by Gasteiger charge is 2.25. The molecule has 0 N–H and O–H groups in total. The SMILES string of the molecule is Cc1cnc(-c2cccnc2)n1CCC1CCN(C(=O)c2ccn(C)n2)CC1. The fourth-order valence-electron chi connectivity index (χ4n) is 3.90. The second kappa shape index (κ2) is 7.96. The molecule has 0 spiro atoms. The Hall–Kier alpha value is -2.96. The van der Waals surface area contributed by atoms with E-state index in [0.717, 1.165) is 50.3 Å². The Bertz CT molecular complexity index is 937. The van der Waals surface area contributed by atoms with Crippen LogP contribution in [0.25, 0.3) is 11.4 Å². The van der Waals surface area contributed by atoms with Crippen LogP contribution in [0.4, 0.5) is 0 Å². The molecule has 1 aliphatic heterocycles. The molecule has 0 aliphatic carbocycles. The van der Waals surface area contributed by atoms with Crippen LogP contribution in [-0.4, -0.2) is 48.2 Å². The van der Waals surface area contributed by atoms with Gasteiger partial charge in [0.1, 0.15) is 11.5 Å². The zero-order valence-corrected chi connectivity index (χ0v) is 16.5. The molecule has 1 fully saturated rings. The lowest BCUT2D eigenvalue weighted by atomic mass is 9.93. The normalized spacial score (nSPS) is 15.1. The first-order chi connectivity index (χ1) is 13.6. The van der Waals surface area contributed by atoms with E-state index >= 15 is 0 Å². The zero-order chi connectivity index (χ0) is 19.5. The van der Waals surface area contributed by atoms with Gasteiger partial charge in [-0.3, -0.25) is 14.5 Å². The van der Waals surface area contributed by atoms with Crippen LogP contribution in [0, 0.1) is 12.8 Å². The number of carbonyl (C=O) groups is 1. The molecule has 1 aliphatic rings. The third-order valence-corrected chi connectivity index (χ3v) is 5.57. The number of rotatable bonds is 5. The van der Waals surface area contributed by atoms with Crippen LogP contribution in [0.3, 0.4) is 0 Å². The van der Waals surface area contributed by atoms with Gasteiger partial charge in [0.2, 0.25) is 0 Å². The largest absolute Gasteiger partial charge is 0.337 e. The van der Waals surface area contributed by atoms with E-state index in [-0.39, 0.29) is 5.91 Å². The molecule has 0 unspecified atom stereocenters. The fourth-order valence-corrected chi connectivity index (χ4v) is 3.90. The Balaban J connectivity index is 1.34. The van der Waals surface area contributed by atoms with E-state index in [9.17, 15) is 4.79 Å². The van der Waals surface area contributed by atoms with Gasteiger partial charge in [-0.05, 0) is 50.3 Å². The van der Waals surface area contributed by atoms with Crippen molar-refractivity contribution in [3.8, 4) is 11.4 Å². The third-order valence-electron chi connectivity index (χ3n) is 5.57. The van der Waals surface area contributed by atoms with Gasteiger partial charge in [0.05, 0.1) is 0 Å². The summed E-state index contributed by atoms with van der Waals surface area (Å²) in [5.74, 6) is 1.65. The highest BCUT2D eigenvalue weighted by atomic mass is 16.2. The van der Waals surface area contributed by atoms with Crippen molar-refractivity contribution in [3.05, 3.63) is 54.4 Å². The molecule has 7 heteroatoms. The monoisotopic (exact) mass is 378 g/mol. The topological polar surface area (TPSA) is 68.8 Å². The second-order valence-electron chi connectivity index (χ2n) is 7.52. The number of imidazole rings is 1. The minimum Gasteiger partial charge on any atom is -0.337 e. The molecule has 3 aromatic rings. The molecule has 0 atom stereocenters. The molecule has 146 valence electrons. The van der Waals surface area contributed by atoms with Crippen LogP contribution in [0.2, 0.25) is 0 Å². The molecule has 7 nitrogen and oxygen atoms in total. The third kappa shape index (κ3) is 3.83. The van der Waals surface area contributed by atoms with E-state index in [1.807, 2.05) is 42.7 Å². The maximum atomic E-state index is 12.5. The highest BCUT2D eigenvalue weighted by molar-refractivity contribution is 5.92. The Kier molecular flexibility index (Phi) is 5.23. The number of aromatic nitrogens is 5. The minimum absolute atomic E-state index is 0.0448. The minimum atomic E-state index is 0.0448. The Morgan fingerprint density at radius 2 is 2.04 bits per heavy atom. The van der Waals surface area contributed by atoms with Gasteiger partial charge >= 0.3 is 0 Å². The van der Waals surface area contributed by atoms with Crippen LogP contribution < -0.4 is 0 Å². The molecule has 3 aromatic heterocycles. The number of hydrogen-bond donors (Lipinski definition) is 0. The summed E-state index contributed by atoms with van der Waals surface area (Å²) in [5.41, 5.74) is 2.75. The molecule has 1 saturated heterocycles. The zero-order valence-electron chi connectivity index (χ0n) is 16.5. The molecule has 0 aromatic carbocycles. The van der Waals surface area contributed by atoms with Gasteiger partial charge in [0.15, 0.2) is 0 Å². The summed E-state index contributed by atoms with van der Waals surface area (Å²) in [6.45, 7) is 4.65. The number of carbonyl (C=O) groups excluding carboxylic acids is 1. The average molecular weight is 378 g/mol. The van der Waals surface area contributed by atoms with Crippen molar-refractivity contribution in [2.24, 2.45) is 13.0 Å². The Labute approximate surface area is 165 Å². The summed E-state index contributed by atoms with van der Waals surface area (Å²) in [4.78, 5) is 23.3.